The highest BCUT2D eigenvalue weighted by molar-refractivity contribution is 5.72. The van der Waals surface area contributed by atoms with E-state index in [-0.39, 0.29) is 23.5 Å². The Morgan fingerprint density at radius 1 is 0.947 bits per heavy atom. The predicted molar refractivity (Wildman–Crippen MR) is 141 cm³/mol. The first-order valence-electron chi connectivity index (χ1n) is 13.3. The summed E-state index contributed by atoms with van der Waals surface area (Å²) in [6.07, 6.45) is 9.30. The Morgan fingerprint density at radius 2 is 1.45 bits per heavy atom. The first-order chi connectivity index (χ1) is 17.8. The molecule has 0 radical (unpaired) electrons. The number of benzene rings is 1. The Morgan fingerprint density at radius 3 is 1.89 bits per heavy atom. The summed E-state index contributed by atoms with van der Waals surface area (Å²) in [6, 6.07) is 0. The quantitative estimate of drug-likeness (QED) is 0.171. The summed E-state index contributed by atoms with van der Waals surface area (Å²) in [5.74, 6) is -2.56. The third-order valence-electron chi connectivity index (χ3n) is 6.75. The molecule has 1 fully saturated rings. The minimum atomic E-state index is -1.46. The number of aliphatic hydroxyl groups excluding tert-OH is 1. The van der Waals surface area contributed by atoms with Crippen molar-refractivity contribution in [2.75, 3.05) is 13.2 Å². The second-order valence-electron chi connectivity index (χ2n) is 10.8. The number of ether oxygens (including phenoxy) is 2. The van der Waals surface area contributed by atoms with Gasteiger partial charge in [-0.3, -0.25) is 4.79 Å². The fraction of sp³-hybridized carbons (Fsp3) is 0.655. The van der Waals surface area contributed by atoms with Gasteiger partial charge in [-0.15, -0.1) is 0 Å². The molecular weight excluding hydrogens is 499 g/mol. The van der Waals surface area contributed by atoms with Crippen molar-refractivity contribution in [3.8, 4) is 5.75 Å². The lowest BCUT2D eigenvalue weighted by molar-refractivity contribution is -0.135. The Bertz CT molecular complexity index is 904. The van der Waals surface area contributed by atoms with Gasteiger partial charge in [0.1, 0.15) is 0 Å². The summed E-state index contributed by atoms with van der Waals surface area (Å²) < 4.78 is 50.3. The molecule has 0 bridgehead atoms. The molecule has 1 aromatic carbocycles. The minimum Gasteiger partial charge on any atom is -0.449 e. The maximum absolute atomic E-state index is 13.8. The fourth-order valence-corrected chi connectivity index (χ4v) is 4.14. The fourth-order valence-electron chi connectivity index (χ4n) is 4.14. The molecule has 1 saturated carbocycles. The van der Waals surface area contributed by atoms with Crippen LogP contribution in [-0.2, 0) is 9.53 Å². The number of hydrogen-bond acceptors (Lipinski definition) is 5. The van der Waals surface area contributed by atoms with E-state index in [0.717, 1.165) is 11.8 Å². The maximum atomic E-state index is 13.8. The first kappa shape index (κ1) is 33.5. The molecule has 1 aromatic rings. The van der Waals surface area contributed by atoms with E-state index in [1.54, 1.807) is 0 Å². The molecule has 2 unspecified atom stereocenters. The molecule has 2 aliphatic carbocycles. The van der Waals surface area contributed by atoms with Gasteiger partial charge >= 0.3 is 12.1 Å². The lowest BCUT2D eigenvalue weighted by Gasteiger charge is -2.12. The van der Waals surface area contributed by atoms with Crippen molar-refractivity contribution in [1.29, 1.82) is 0 Å². The number of primary amides is 1. The number of carbonyl (C=O) groups excluding carboxylic acids is 2. The standard InChI is InChI=1S/C14H17F3O2.C11H17NO2.C4H10O/c1-7(2)5-6-10(18)19-14-12(16)9(4)8(3)11(15)13(14)17;12-11(13)14-7-10-8-5-3-1-2-4-6-9(8)10;1-4(2)3-5/h7H,5-6H2,1-4H3;1-2,8-10H,3-7H2,(H2,12,13);4-5H,3H2,1-2H3/b;2-1-;. The number of halogens is 3. The summed E-state index contributed by atoms with van der Waals surface area (Å²) >= 11 is 0. The van der Waals surface area contributed by atoms with E-state index in [1.807, 2.05) is 27.7 Å². The van der Waals surface area contributed by atoms with Crippen LogP contribution >= 0.6 is 0 Å². The molecule has 0 heterocycles. The summed E-state index contributed by atoms with van der Waals surface area (Å²) in [7, 11) is 0. The Hall–Kier alpha value is -2.55. The molecular formula is C29H44F3NO5. The summed E-state index contributed by atoms with van der Waals surface area (Å²) in [5, 5.41) is 8.14. The molecule has 3 rings (SSSR count). The van der Waals surface area contributed by atoms with Crippen LogP contribution in [-0.4, -0.2) is 30.4 Å². The van der Waals surface area contributed by atoms with Gasteiger partial charge in [-0.05, 0) is 86.7 Å². The number of allylic oxidation sites excluding steroid dienone is 2. The number of aliphatic hydroxyl groups is 1. The average Bonchev–Trinajstić information content (AvgIpc) is 3.51. The van der Waals surface area contributed by atoms with Crippen molar-refractivity contribution in [2.45, 2.75) is 80.1 Å². The van der Waals surface area contributed by atoms with Gasteiger partial charge in [0.05, 0.1) is 6.61 Å². The highest BCUT2D eigenvalue weighted by Crippen LogP contribution is 2.52. The van der Waals surface area contributed by atoms with Gasteiger partial charge in [-0.1, -0.05) is 39.8 Å². The number of nitrogens with two attached hydrogens (primary N) is 1. The maximum Gasteiger partial charge on any atom is 0.404 e. The molecule has 0 aromatic heterocycles. The van der Waals surface area contributed by atoms with E-state index in [4.69, 9.17) is 15.6 Å². The van der Waals surface area contributed by atoms with Gasteiger partial charge in [0.25, 0.3) is 0 Å². The molecule has 0 spiro atoms. The van der Waals surface area contributed by atoms with Crippen molar-refractivity contribution in [3.63, 3.8) is 0 Å². The lowest BCUT2D eigenvalue weighted by atomic mass is 10.1. The monoisotopic (exact) mass is 543 g/mol. The van der Waals surface area contributed by atoms with Crippen molar-refractivity contribution in [3.05, 3.63) is 40.7 Å². The van der Waals surface area contributed by atoms with Crippen LogP contribution < -0.4 is 10.5 Å². The smallest absolute Gasteiger partial charge is 0.404 e. The van der Waals surface area contributed by atoms with E-state index in [1.165, 1.54) is 39.5 Å². The van der Waals surface area contributed by atoms with Crippen molar-refractivity contribution in [2.24, 2.45) is 35.3 Å². The van der Waals surface area contributed by atoms with Gasteiger partial charge < -0.3 is 20.3 Å². The Labute approximate surface area is 224 Å². The highest BCUT2D eigenvalue weighted by atomic mass is 19.2. The number of amides is 1. The largest absolute Gasteiger partial charge is 0.449 e. The molecule has 2 atom stereocenters. The Balaban J connectivity index is 0.000000332. The van der Waals surface area contributed by atoms with Crippen molar-refractivity contribution >= 4 is 12.1 Å². The van der Waals surface area contributed by atoms with Gasteiger partial charge in [0.2, 0.25) is 11.6 Å². The minimum absolute atomic E-state index is 0.0328. The van der Waals surface area contributed by atoms with Crippen LogP contribution in [0, 0.1) is 60.9 Å². The van der Waals surface area contributed by atoms with Gasteiger partial charge in [-0.2, -0.15) is 4.39 Å². The molecule has 3 N–H and O–H groups in total. The second kappa shape index (κ2) is 16.4. The van der Waals surface area contributed by atoms with Crippen LogP contribution in [0.15, 0.2) is 12.2 Å². The van der Waals surface area contributed by atoms with Crippen molar-refractivity contribution in [1.82, 2.24) is 0 Å². The number of hydrogen-bond donors (Lipinski definition) is 2. The van der Waals surface area contributed by atoms with Crippen LogP contribution in [0.4, 0.5) is 18.0 Å². The van der Waals surface area contributed by atoms with Gasteiger partial charge in [-0.25, -0.2) is 13.6 Å². The molecule has 9 heteroatoms. The van der Waals surface area contributed by atoms with Crippen LogP contribution in [0.2, 0.25) is 0 Å². The second-order valence-corrected chi connectivity index (χ2v) is 10.8. The number of fused-ring (bicyclic) bond motifs is 1. The SMILES string of the molecule is CC(C)CO.Cc1c(C)c(F)c(OC(=O)CCC(C)C)c(F)c1F.NC(=O)OCC1C2CC/C=C\CCC21. The Kier molecular flexibility index (Phi) is 14.5. The number of carbonyl (C=O) groups is 2. The van der Waals surface area contributed by atoms with Crippen LogP contribution in [0.3, 0.4) is 0 Å². The van der Waals surface area contributed by atoms with Gasteiger partial charge in [0.15, 0.2) is 11.6 Å². The topological polar surface area (TPSA) is 98.9 Å². The summed E-state index contributed by atoms with van der Waals surface area (Å²) in [5.41, 5.74) is 4.75. The molecule has 0 saturated heterocycles. The van der Waals surface area contributed by atoms with Crippen LogP contribution in [0.5, 0.6) is 5.75 Å². The molecule has 38 heavy (non-hydrogen) atoms. The molecule has 0 aliphatic heterocycles. The zero-order valence-corrected chi connectivity index (χ0v) is 23.5. The van der Waals surface area contributed by atoms with Crippen LogP contribution in [0.25, 0.3) is 0 Å². The van der Waals surface area contributed by atoms with E-state index in [0.29, 0.717) is 31.5 Å². The summed E-state index contributed by atoms with van der Waals surface area (Å²) in [6.45, 7) is 11.2. The lowest BCUT2D eigenvalue weighted by Crippen LogP contribution is -2.15. The number of rotatable bonds is 7. The third kappa shape index (κ3) is 11.1. The third-order valence-corrected chi connectivity index (χ3v) is 6.75. The zero-order chi connectivity index (χ0) is 29.0. The van der Waals surface area contributed by atoms with E-state index < -0.39 is 35.3 Å². The molecule has 2 aliphatic rings. The summed E-state index contributed by atoms with van der Waals surface area (Å²) in [4.78, 5) is 21.9. The highest BCUT2D eigenvalue weighted by Gasteiger charge is 2.49. The molecule has 6 nitrogen and oxygen atoms in total. The van der Waals surface area contributed by atoms with E-state index in [2.05, 4.69) is 16.9 Å². The number of esters is 1. The molecule has 1 amide bonds. The zero-order valence-electron chi connectivity index (χ0n) is 23.5. The van der Waals surface area contributed by atoms with Gasteiger partial charge in [0, 0.05) is 13.0 Å². The average molecular weight is 544 g/mol. The first-order valence-corrected chi connectivity index (χ1v) is 13.3. The van der Waals surface area contributed by atoms with Crippen molar-refractivity contribution < 1.29 is 37.3 Å². The van der Waals surface area contributed by atoms with Crippen LogP contribution in [0.1, 0.15) is 77.3 Å². The molecule has 216 valence electrons. The van der Waals surface area contributed by atoms with E-state index >= 15 is 0 Å². The predicted octanol–water partition coefficient (Wildman–Crippen LogP) is 6.77. The normalized spacial score (nSPS) is 20.6. The van der Waals surface area contributed by atoms with E-state index in [9.17, 15) is 22.8 Å².